The summed E-state index contributed by atoms with van der Waals surface area (Å²) in [5.74, 6) is -0.106. The monoisotopic (exact) mass is 453 g/mol. The second-order valence-electron chi connectivity index (χ2n) is 11.6. The van der Waals surface area contributed by atoms with Crippen LogP contribution in [0.25, 0.3) is 0 Å². The largest absolute Gasteiger partial charge is 0.322 e. The molecular formula is C27H39N3O3. The number of fused-ring (bicyclic) bond motifs is 1. The van der Waals surface area contributed by atoms with Gasteiger partial charge in [0.2, 0.25) is 11.8 Å². The van der Waals surface area contributed by atoms with Crippen molar-refractivity contribution in [2.75, 3.05) is 0 Å². The molecule has 1 aromatic rings. The first-order chi connectivity index (χ1) is 15.6. The number of piperidine rings is 1. The molecule has 4 rings (SSSR count). The Morgan fingerprint density at radius 1 is 1.12 bits per heavy atom. The van der Waals surface area contributed by atoms with E-state index in [1.807, 2.05) is 6.07 Å². The molecule has 1 saturated heterocycles. The molecule has 3 amide bonds. The highest BCUT2D eigenvalue weighted by atomic mass is 16.2. The van der Waals surface area contributed by atoms with Crippen LogP contribution >= 0.6 is 0 Å². The van der Waals surface area contributed by atoms with E-state index in [1.54, 1.807) is 4.90 Å². The summed E-state index contributed by atoms with van der Waals surface area (Å²) < 4.78 is 0. The van der Waals surface area contributed by atoms with Crippen molar-refractivity contribution in [3.63, 3.8) is 0 Å². The number of hydrogen-bond donors (Lipinski definition) is 2. The fraction of sp³-hybridized carbons (Fsp3) is 0.667. The first-order valence-electron chi connectivity index (χ1n) is 12.6. The Bertz CT molecular complexity index is 920. The summed E-state index contributed by atoms with van der Waals surface area (Å²) in [6.07, 6.45) is 7.89. The van der Waals surface area contributed by atoms with Crippen LogP contribution < -0.4 is 10.6 Å². The van der Waals surface area contributed by atoms with Crippen molar-refractivity contribution in [1.29, 1.82) is 0 Å². The Kier molecular flexibility index (Phi) is 6.94. The Morgan fingerprint density at radius 3 is 2.61 bits per heavy atom. The highest BCUT2D eigenvalue weighted by molar-refractivity contribution is 6.05. The third kappa shape index (κ3) is 5.65. The van der Waals surface area contributed by atoms with Crippen LogP contribution in [0, 0.1) is 11.3 Å². The van der Waals surface area contributed by atoms with Gasteiger partial charge in [0, 0.05) is 30.6 Å². The van der Waals surface area contributed by atoms with Gasteiger partial charge in [-0.2, -0.15) is 0 Å². The fourth-order valence-corrected chi connectivity index (χ4v) is 6.07. The third-order valence-electron chi connectivity index (χ3n) is 7.41. The lowest BCUT2D eigenvalue weighted by molar-refractivity contribution is -0.136. The van der Waals surface area contributed by atoms with Crippen LogP contribution in [0.5, 0.6) is 0 Å². The predicted molar refractivity (Wildman–Crippen MR) is 129 cm³/mol. The van der Waals surface area contributed by atoms with Crippen molar-refractivity contribution < 1.29 is 14.4 Å². The van der Waals surface area contributed by atoms with Gasteiger partial charge < -0.3 is 10.2 Å². The van der Waals surface area contributed by atoms with E-state index >= 15 is 0 Å². The quantitative estimate of drug-likeness (QED) is 0.639. The van der Waals surface area contributed by atoms with Gasteiger partial charge >= 0.3 is 0 Å². The summed E-state index contributed by atoms with van der Waals surface area (Å²) in [7, 11) is 0. The maximum absolute atomic E-state index is 13.0. The number of nitrogens with one attached hydrogen (secondary N) is 2. The first-order valence-corrected chi connectivity index (χ1v) is 12.6. The van der Waals surface area contributed by atoms with Crippen LogP contribution in [0.2, 0.25) is 0 Å². The maximum Gasteiger partial charge on any atom is 0.255 e. The van der Waals surface area contributed by atoms with Crippen LogP contribution in [-0.2, 0) is 22.6 Å². The number of rotatable bonds is 6. The second kappa shape index (κ2) is 9.57. The lowest BCUT2D eigenvalue weighted by atomic mass is 9.79. The number of benzene rings is 1. The zero-order chi connectivity index (χ0) is 23.8. The predicted octanol–water partition coefficient (Wildman–Crippen LogP) is 3.96. The molecule has 33 heavy (non-hydrogen) atoms. The minimum atomic E-state index is -0.553. The standard InChI is InChI=1S/C27H39N3O3/c1-17(15-27(2,3)4)28-22-8-6-5-7-19(22)13-18-9-10-21-20(14-18)16-30(26(21)33)23-11-12-24(31)29-25(23)32/h9-10,14,17,19,22-23,28H,5-8,11-13,15-16H2,1-4H3,(H,29,31,32)/t17-,19+,22-,23?/m0/s1. The number of nitrogens with zero attached hydrogens (tertiary/aromatic N) is 1. The van der Waals surface area contributed by atoms with Crippen LogP contribution in [0.3, 0.4) is 0 Å². The fourth-order valence-electron chi connectivity index (χ4n) is 6.07. The normalized spacial score (nSPS) is 26.8. The highest BCUT2D eigenvalue weighted by Gasteiger charge is 2.39. The average Bonchev–Trinajstić information content (AvgIpc) is 3.04. The molecule has 2 fully saturated rings. The molecule has 0 bridgehead atoms. The van der Waals surface area contributed by atoms with E-state index in [-0.39, 0.29) is 24.1 Å². The number of carbonyl (C=O) groups is 3. The van der Waals surface area contributed by atoms with E-state index in [2.05, 4.69) is 50.5 Å². The topological polar surface area (TPSA) is 78.5 Å². The summed E-state index contributed by atoms with van der Waals surface area (Å²) in [5.41, 5.74) is 3.29. The van der Waals surface area contributed by atoms with E-state index in [9.17, 15) is 14.4 Å². The van der Waals surface area contributed by atoms with Gasteiger partial charge in [0.25, 0.3) is 5.91 Å². The molecule has 4 atom stereocenters. The van der Waals surface area contributed by atoms with Crippen molar-refractivity contribution in [3.8, 4) is 0 Å². The van der Waals surface area contributed by atoms with Crippen molar-refractivity contribution in [2.24, 2.45) is 11.3 Å². The minimum Gasteiger partial charge on any atom is -0.322 e. The molecular weight excluding hydrogens is 414 g/mol. The lowest BCUT2D eigenvalue weighted by Crippen LogP contribution is -2.52. The zero-order valence-electron chi connectivity index (χ0n) is 20.6. The van der Waals surface area contributed by atoms with Gasteiger partial charge in [0.15, 0.2) is 0 Å². The van der Waals surface area contributed by atoms with Gasteiger partial charge in [-0.15, -0.1) is 0 Å². The molecule has 0 aromatic heterocycles. The molecule has 6 heteroatoms. The summed E-state index contributed by atoms with van der Waals surface area (Å²) in [4.78, 5) is 38.4. The Labute approximate surface area is 197 Å². The zero-order valence-corrected chi connectivity index (χ0v) is 20.6. The molecule has 2 aliphatic heterocycles. The third-order valence-corrected chi connectivity index (χ3v) is 7.41. The van der Waals surface area contributed by atoms with E-state index in [1.165, 1.54) is 31.2 Å². The Morgan fingerprint density at radius 2 is 1.88 bits per heavy atom. The van der Waals surface area contributed by atoms with Gasteiger partial charge in [0.1, 0.15) is 6.04 Å². The van der Waals surface area contributed by atoms with Crippen molar-refractivity contribution in [3.05, 3.63) is 34.9 Å². The maximum atomic E-state index is 13.0. The first kappa shape index (κ1) is 23.9. The summed E-state index contributed by atoms with van der Waals surface area (Å²) in [5, 5.41) is 6.30. The van der Waals surface area contributed by atoms with Crippen LogP contribution in [0.15, 0.2) is 18.2 Å². The van der Waals surface area contributed by atoms with E-state index < -0.39 is 6.04 Å². The SMILES string of the molecule is C[C@@H](CC(C)(C)C)N[C@H]1CCCC[C@@H]1Cc1ccc2c(c1)CN(C1CCC(=O)NC1=O)C2=O. The van der Waals surface area contributed by atoms with Gasteiger partial charge in [-0.25, -0.2) is 0 Å². The van der Waals surface area contributed by atoms with Gasteiger partial charge in [-0.3, -0.25) is 19.7 Å². The molecule has 2 N–H and O–H groups in total. The molecule has 180 valence electrons. The molecule has 0 radical (unpaired) electrons. The van der Waals surface area contributed by atoms with Crippen LogP contribution in [0.1, 0.15) is 94.1 Å². The van der Waals surface area contributed by atoms with E-state index in [0.29, 0.717) is 41.9 Å². The lowest BCUT2D eigenvalue weighted by Gasteiger charge is -2.36. The summed E-state index contributed by atoms with van der Waals surface area (Å²) >= 11 is 0. The molecule has 1 saturated carbocycles. The van der Waals surface area contributed by atoms with E-state index in [4.69, 9.17) is 0 Å². The summed E-state index contributed by atoms with van der Waals surface area (Å²) in [6.45, 7) is 9.65. The Balaban J connectivity index is 1.42. The van der Waals surface area contributed by atoms with Crippen LogP contribution in [-0.4, -0.2) is 40.7 Å². The average molecular weight is 454 g/mol. The molecule has 1 unspecified atom stereocenters. The second-order valence-corrected chi connectivity index (χ2v) is 11.6. The van der Waals surface area contributed by atoms with Crippen molar-refractivity contribution >= 4 is 17.7 Å². The highest BCUT2D eigenvalue weighted by Crippen LogP contribution is 2.32. The number of amides is 3. The van der Waals surface area contributed by atoms with Gasteiger partial charge in [-0.1, -0.05) is 45.7 Å². The van der Waals surface area contributed by atoms with Crippen LogP contribution in [0.4, 0.5) is 0 Å². The van der Waals surface area contributed by atoms with E-state index in [0.717, 1.165) is 18.4 Å². The van der Waals surface area contributed by atoms with Crippen molar-refractivity contribution in [1.82, 2.24) is 15.5 Å². The minimum absolute atomic E-state index is 0.0979. The summed E-state index contributed by atoms with van der Waals surface area (Å²) in [6, 6.07) is 6.67. The molecule has 1 aromatic carbocycles. The van der Waals surface area contributed by atoms with Crippen molar-refractivity contribution in [2.45, 2.75) is 104 Å². The number of imide groups is 1. The number of carbonyl (C=O) groups excluding carboxylic acids is 3. The molecule has 2 heterocycles. The molecule has 6 nitrogen and oxygen atoms in total. The van der Waals surface area contributed by atoms with Gasteiger partial charge in [0.05, 0.1) is 0 Å². The number of hydrogen-bond acceptors (Lipinski definition) is 4. The van der Waals surface area contributed by atoms with Gasteiger partial charge in [-0.05, 0) is 67.6 Å². The molecule has 1 aliphatic carbocycles. The Hall–Kier alpha value is -2.21. The molecule has 0 spiro atoms. The molecule has 3 aliphatic rings. The smallest absolute Gasteiger partial charge is 0.255 e.